The van der Waals surface area contributed by atoms with Gasteiger partial charge in [0.2, 0.25) is 5.91 Å². The summed E-state index contributed by atoms with van der Waals surface area (Å²) in [6, 6.07) is 15.1. The van der Waals surface area contributed by atoms with E-state index in [2.05, 4.69) is 15.4 Å². The Bertz CT molecular complexity index is 873. The van der Waals surface area contributed by atoms with Crippen LogP contribution in [0.5, 0.6) is 5.75 Å². The lowest BCUT2D eigenvalue weighted by Crippen LogP contribution is -2.11. The van der Waals surface area contributed by atoms with Crippen LogP contribution >= 0.6 is 0 Å². The van der Waals surface area contributed by atoms with E-state index < -0.39 is 0 Å². The van der Waals surface area contributed by atoms with Crippen molar-refractivity contribution in [1.29, 1.82) is 0 Å². The molecule has 0 unspecified atom stereocenters. The molecule has 0 aliphatic rings. The summed E-state index contributed by atoms with van der Waals surface area (Å²) in [7, 11) is 1.61. The Labute approximate surface area is 145 Å². The molecule has 0 atom stereocenters. The molecule has 0 saturated heterocycles. The van der Waals surface area contributed by atoms with Crippen LogP contribution in [-0.2, 0) is 11.3 Å². The Hall–Kier alpha value is -3.41. The number of nitrogens with one attached hydrogen (secondary N) is 1. The molecule has 2 aromatic carbocycles. The van der Waals surface area contributed by atoms with Crippen molar-refractivity contribution < 1.29 is 9.53 Å². The number of nitrogens with zero attached hydrogens (tertiary/aromatic N) is 3. The highest BCUT2D eigenvalue weighted by Crippen LogP contribution is 2.17. The van der Waals surface area contributed by atoms with Gasteiger partial charge >= 0.3 is 0 Å². The second-order valence-electron chi connectivity index (χ2n) is 5.35. The molecule has 3 aromatic rings. The average molecular weight is 334 g/mol. The van der Waals surface area contributed by atoms with Gasteiger partial charge in [-0.25, -0.2) is 9.67 Å². The lowest BCUT2D eigenvalue weighted by Gasteiger charge is -2.09. The summed E-state index contributed by atoms with van der Waals surface area (Å²) in [4.78, 5) is 16.2. The lowest BCUT2D eigenvalue weighted by atomic mass is 10.1. The molecular weight excluding hydrogens is 316 g/mol. The molecule has 1 amide bonds. The molecule has 0 aliphatic carbocycles. The molecule has 6 nitrogen and oxygen atoms in total. The number of carbonyl (C=O) groups excluding carboxylic acids is 1. The summed E-state index contributed by atoms with van der Waals surface area (Å²) in [6.07, 6.45) is 6.37. The van der Waals surface area contributed by atoms with Gasteiger partial charge in [0, 0.05) is 11.8 Å². The van der Waals surface area contributed by atoms with Gasteiger partial charge in [-0.05, 0) is 35.4 Å². The number of carbonyl (C=O) groups is 1. The van der Waals surface area contributed by atoms with E-state index in [0.29, 0.717) is 6.54 Å². The highest BCUT2D eigenvalue weighted by Gasteiger charge is 2.05. The molecule has 6 heteroatoms. The summed E-state index contributed by atoms with van der Waals surface area (Å²) >= 11 is 0. The van der Waals surface area contributed by atoms with Gasteiger partial charge in [-0.15, -0.1) is 0 Å². The third-order valence-electron chi connectivity index (χ3n) is 3.60. The minimum Gasteiger partial charge on any atom is -0.497 e. The van der Waals surface area contributed by atoms with Gasteiger partial charge in [0.15, 0.2) is 0 Å². The van der Waals surface area contributed by atoms with E-state index in [0.717, 1.165) is 22.6 Å². The number of rotatable bonds is 6. The van der Waals surface area contributed by atoms with Crippen LogP contribution in [0.4, 0.5) is 5.69 Å². The van der Waals surface area contributed by atoms with E-state index in [1.54, 1.807) is 24.2 Å². The van der Waals surface area contributed by atoms with Crippen LogP contribution < -0.4 is 10.1 Å². The van der Waals surface area contributed by atoms with E-state index in [1.807, 2.05) is 48.5 Å². The lowest BCUT2D eigenvalue weighted by molar-refractivity contribution is -0.111. The van der Waals surface area contributed by atoms with Crippen molar-refractivity contribution in [3.63, 3.8) is 0 Å². The van der Waals surface area contributed by atoms with Crippen LogP contribution in [0.2, 0.25) is 0 Å². The molecule has 0 bridgehead atoms. The maximum absolute atomic E-state index is 12.2. The van der Waals surface area contributed by atoms with Gasteiger partial charge < -0.3 is 10.1 Å². The minimum absolute atomic E-state index is 0.200. The normalized spacial score (nSPS) is 10.8. The molecule has 0 spiro atoms. The van der Waals surface area contributed by atoms with Gasteiger partial charge in [0.1, 0.15) is 18.4 Å². The van der Waals surface area contributed by atoms with Gasteiger partial charge in [-0.3, -0.25) is 4.79 Å². The van der Waals surface area contributed by atoms with Crippen LogP contribution in [0.25, 0.3) is 6.08 Å². The molecule has 25 heavy (non-hydrogen) atoms. The maximum Gasteiger partial charge on any atom is 0.248 e. The van der Waals surface area contributed by atoms with Gasteiger partial charge in [0.05, 0.1) is 13.7 Å². The zero-order chi connectivity index (χ0) is 17.5. The van der Waals surface area contributed by atoms with Crippen molar-refractivity contribution in [2.45, 2.75) is 6.54 Å². The number of aromatic nitrogens is 3. The second kappa shape index (κ2) is 7.92. The molecule has 0 fully saturated rings. The summed E-state index contributed by atoms with van der Waals surface area (Å²) < 4.78 is 6.88. The van der Waals surface area contributed by atoms with E-state index in [-0.39, 0.29) is 5.91 Å². The Morgan fingerprint density at radius 2 is 2.12 bits per heavy atom. The van der Waals surface area contributed by atoms with Crippen molar-refractivity contribution in [3.8, 4) is 5.75 Å². The van der Waals surface area contributed by atoms with E-state index in [1.165, 1.54) is 12.4 Å². The van der Waals surface area contributed by atoms with Crippen LogP contribution in [0.15, 0.2) is 67.3 Å². The van der Waals surface area contributed by atoms with E-state index in [9.17, 15) is 4.79 Å². The Morgan fingerprint density at radius 1 is 1.24 bits per heavy atom. The molecule has 0 radical (unpaired) electrons. The minimum atomic E-state index is -0.200. The smallest absolute Gasteiger partial charge is 0.248 e. The van der Waals surface area contributed by atoms with Crippen molar-refractivity contribution in [2.24, 2.45) is 0 Å². The monoisotopic (exact) mass is 334 g/mol. The van der Waals surface area contributed by atoms with Crippen LogP contribution in [0, 0.1) is 0 Å². The third kappa shape index (κ3) is 4.54. The van der Waals surface area contributed by atoms with Gasteiger partial charge in [-0.1, -0.05) is 30.3 Å². The molecule has 1 aromatic heterocycles. The Balaban J connectivity index is 1.69. The van der Waals surface area contributed by atoms with Crippen molar-refractivity contribution in [1.82, 2.24) is 14.8 Å². The number of methoxy groups -OCH3 is 1. The van der Waals surface area contributed by atoms with E-state index in [4.69, 9.17) is 4.74 Å². The fraction of sp³-hybridized carbons (Fsp3) is 0.105. The Kier molecular flexibility index (Phi) is 5.21. The zero-order valence-electron chi connectivity index (χ0n) is 13.8. The van der Waals surface area contributed by atoms with Crippen LogP contribution in [0.3, 0.4) is 0 Å². The fourth-order valence-corrected chi connectivity index (χ4v) is 2.36. The first-order valence-electron chi connectivity index (χ1n) is 7.78. The largest absolute Gasteiger partial charge is 0.497 e. The highest BCUT2D eigenvalue weighted by molar-refractivity contribution is 6.02. The SMILES string of the molecule is COc1cccc(/C=C/C(=O)Nc2ccccc2Cn2cncn2)c1. The van der Waals surface area contributed by atoms with Crippen molar-refractivity contribution >= 4 is 17.7 Å². The van der Waals surface area contributed by atoms with Crippen LogP contribution in [-0.4, -0.2) is 27.8 Å². The number of para-hydroxylation sites is 1. The molecule has 0 aliphatic heterocycles. The first kappa shape index (κ1) is 16.4. The molecule has 3 rings (SSSR count). The summed E-state index contributed by atoms with van der Waals surface area (Å²) in [5.41, 5.74) is 2.60. The predicted molar refractivity (Wildman–Crippen MR) is 96.2 cm³/mol. The standard InChI is InChI=1S/C19H18N4O2/c1-25-17-7-4-5-15(11-17)9-10-19(24)22-18-8-3-2-6-16(18)12-23-14-20-13-21-23/h2-11,13-14H,12H2,1H3,(H,22,24)/b10-9+. The summed E-state index contributed by atoms with van der Waals surface area (Å²) in [6.45, 7) is 0.538. The average Bonchev–Trinajstić information content (AvgIpc) is 3.15. The number of hydrogen-bond donors (Lipinski definition) is 1. The number of ether oxygens (including phenoxy) is 1. The molecule has 1 N–H and O–H groups in total. The number of amides is 1. The number of hydrogen-bond acceptors (Lipinski definition) is 4. The maximum atomic E-state index is 12.2. The number of anilines is 1. The van der Waals surface area contributed by atoms with Crippen molar-refractivity contribution in [3.05, 3.63) is 78.4 Å². The van der Waals surface area contributed by atoms with Gasteiger partial charge in [0.25, 0.3) is 0 Å². The second-order valence-corrected chi connectivity index (χ2v) is 5.35. The summed E-state index contributed by atoms with van der Waals surface area (Å²) in [5, 5.41) is 6.99. The highest BCUT2D eigenvalue weighted by atomic mass is 16.5. The topological polar surface area (TPSA) is 69.0 Å². The van der Waals surface area contributed by atoms with Gasteiger partial charge in [-0.2, -0.15) is 5.10 Å². The zero-order valence-corrected chi connectivity index (χ0v) is 13.8. The molecule has 0 saturated carbocycles. The number of benzene rings is 2. The summed E-state index contributed by atoms with van der Waals surface area (Å²) in [5.74, 6) is 0.551. The first-order valence-corrected chi connectivity index (χ1v) is 7.78. The first-order chi connectivity index (χ1) is 12.2. The van der Waals surface area contributed by atoms with Crippen molar-refractivity contribution in [2.75, 3.05) is 12.4 Å². The molecule has 1 heterocycles. The van der Waals surface area contributed by atoms with E-state index >= 15 is 0 Å². The fourth-order valence-electron chi connectivity index (χ4n) is 2.36. The predicted octanol–water partition coefficient (Wildman–Crippen LogP) is 2.99. The molecular formula is C19H18N4O2. The Morgan fingerprint density at radius 3 is 2.92 bits per heavy atom. The molecule has 126 valence electrons. The third-order valence-corrected chi connectivity index (χ3v) is 3.60. The quantitative estimate of drug-likeness (QED) is 0.704. The van der Waals surface area contributed by atoms with Crippen LogP contribution in [0.1, 0.15) is 11.1 Å².